The van der Waals surface area contributed by atoms with Crippen LogP contribution in [-0.2, 0) is 14.3 Å². The van der Waals surface area contributed by atoms with Crippen LogP contribution in [0.1, 0.15) is 73.8 Å². The maximum Gasteiger partial charge on any atom is 0.137 e. The summed E-state index contributed by atoms with van der Waals surface area (Å²) in [6.45, 7) is 22.8. The van der Waals surface area contributed by atoms with Crippen molar-refractivity contribution < 1.29 is 14.3 Å². The molecule has 0 aliphatic carbocycles. The molecule has 1 unspecified atom stereocenters. The number of rotatable bonds is 13. The molecule has 0 saturated heterocycles. The molecule has 1 aromatic carbocycles. The number of para-hydroxylation sites is 1. The quantitative estimate of drug-likeness (QED) is 0.0995. The normalized spacial score (nSPS) is 15.4. The first-order valence-electron chi connectivity index (χ1n) is 12.4. The van der Waals surface area contributed by atoms with Gasteiger partial charge in [0.15, 0.2) is 0 Å². The van der Waals surface area contributed by atoms with Crippen LogP contribution in [0.5, 0.6) is 0 Å². The number of hydrogen-bond acceptors (Lipinski definition) is 6. The smallest absolute Gasteiger partial charge is 0.137 e. The fraction of sp³-hybridized carbons (Fsp3) is 0.387. The van der Waals surface area contributed by atoms with Crippen molar-refractivity contribution in [2.75, 3.05) is 5.73 Å². The summed E-state index contributed by atoms with van der Waals surface area (Å²) >= 11 is 0. The van der Waals surface area contributed by atoms with Gasteiger partial charge in [0.1, 0.15) is 29.1 Å². The zero-order valence-corrected chi connectivity index (χ0v) is 23.7. The van der Waals surface area contributed by atoms with Crippen LogP contribution >= 0.6 is 0 Å². The number of ether oxygens (including phenoxy) is 1. The fourth-order valence-corrected chi connectivity index (χ4v) is 3.98. The number of aliphatic imine (C=N–C) groups is 1. The Morgan fingerprint density at radius 2 is 1.70 bits per heavy atom. The first kappa shape index (κ1) is 31.4. The lowest BCUT2D eigenvalue weighted by Crippen LogP contribution is -2.28. The number of ketones is 1. The monoisotopic (exact) mass is 505 g/mol. The van der Waals surface area contributed by atoms with Crippen LogP contribution in [0.2, 0.25) is 0 Å². The predicted molar refractivity (Wildman–Crippen MR) is 155 cm³/mol. The van der Waals surface area contributed by atoms with Gasteiger partial charge in [-0.2, -0.15) is 0 Å². The second-order valence-electron chi connectivity index (χ2n) is 10.3. The molecular weight excluding hydrogens is 462 g/mol. The topological polar surface area (TPSA) is 108 Å². The number of nitrogen functional groups attached to an aromatic ring is 1. The molecule has 0 radical (unpaired) electrons. The van der Waals surface area contributed by atoms with Gasteiger partial charge >= 0.3 is 0 Å². The number of nitrogens with two attached hydrogens (primary N) is 2. The molecule has 0 aliphatic heterocycles. The number of hydrogen-bond donors (Lipinski definition) is 2. The SMILES string of the molecule is C=C(/C(C)=N/C(N)=C(\C(C)=C\CC)C(C)(C=O)C(=C)O/C=C(\C)CC(C)(C)C(C)=O)c1ccccc1N. The number of benzene rings is 1. The predicted octanol–water partition coefficient (Wildman–Crippen LogP) is 6.91. The molecule has 0 saturated carbocycles. The molecule has 6 nitrogen and oxygen atoms in total. The van der Waals surface area contributed by atoms with E-state index in [1.54, 1.807) is 26.8 Å². The Bertz CT molecular complexity index is 1180. The molecule has 200 valence electrons. The van der Waals surface area contributed by atoms with Crippen LogP contribution in [-0.4, -0.2) is 17.8 Å². The minimum atomic E-state index is -1.29. The van der Waals surface area contributed by atoms with Gasteiger partial charge in [-0.1, -0.05) is 58.2 Å². The molecule has 1 aromatic rings. The van der Waals surface area contributed by atoms with Gasteiger partial charge in [-0.3, -0.25) is 4.79 Å². The highest BCUT2D eigenvalue weighted by molar-refractivity contribution is 6.23. The third-order valence-corrected chi connectivity index (χ3v) is 6.58. The van der Waals surface area contributed by atoms with Crippen molar-refractivity contribution in [2.24, 2.45) is 21.6 Å². The minimum absolute atomic E-state index is 0.0854. The number of aldehydes is 1. The summed E-state index contributed by atoms with van der Waals surface area (Å²) < 4.78 is 5.88. The second kappa shape index (κ2) is 13.0. The number of Topliss-reactive ketones (excluding diaryl/α,β-unsaturated/α-hetero) is 1. The Kier molecular flexibility index (Phi) is 11.1. The minimum Gasteiger partial charge on any atom is -0.469 e. The molecule has 0 aliphatic rings. The van der Waals surface area contributed by atoms with E-state index in [9.17, 15) is 9.59 Å². The fourth-order valence-electron chi connectivity index (χ4n) is 3.98. The first-order chi connectivity index (χ1) is 17.1. The van der Waals surface area contributed by atoms with E-state index in [1.807, 2.05) is 58.9 Å². The van der Waals surface area contributed by atoms with Crippen molar-refractivity contribution in [3.63, 3.8) is 0 Å². The highest BCUT2D eigenvalue weighted by atomic mass is 16.5. The number of nitrogens with zero attached hydrogens (tertiary/aromatic N) is 1. The lowest BCUT2D eigenvalue weighted by molar-refractivity contribution is -0.124. The maximum atomic E-state index is 12.6. The van der Waals surface area contributed by atoms with Crippen LogP contribution in [0.25, 0.3) is 5.57 Å². The van der Waals surface area contributed by atoms with E-state index >= 15 is 0 Å². The van der Waals surface area contributed by atoms with Crippen molar-refractivity contribution in [1.82, 2.24) is 0 Å². The third kappa shape index (κ3) is 7.91. The van der Waals surface area contributed by atoms with E-state index < -0.39 is 10.8 Å². The summed E-state index contributed by atoms with van der Waals surface area (Å²) in [5.41, 5.74) is 15.5. The Morgan fingerprint density at radius 1 is 1.11 bits per heavy atom. The zero-order chi connectivity index (χ0) is 28.6. The Balaban J connectivity index is 3.52. The standard InChI is InChI=1S/C31H43N3O3/c1-11-14-21(3)28(29(33)34-23(5)22(4)26-15-12-13-16-27(26)32)31(10,19-35)25(7)37-18-20(2)17-30(8,9)24(6)36/h12-16,18-19H,4,7,11,17,32-33H2,1-3,5-6,8-10H3/b20-18+,21-14+,29-28+,34-23+. The zero-order valence-electron chi connectivity index (χ0n) is 23.7. The maximum absolute atomic E-state index is 12.6. The van der Waals surface area contributed by atoms with E-state index in [4.69, 9.17) is 16.2 Å². The first-order valence-corrected chi connectivity index (χ1v) is 12.4. The Morgan fingerprint density at radius 3 is 2.22 bits per heavy atom. The average Bonchev–Trinajstić information content (AvgIpc) is 2.81. The van der Waals surface area contributed by atoms with Gasteiger partial charge in [-0.25, -0.2) is 4.99 Å². The van der Waals surface area contributed by atoms with Crippen LogP contribution in [0.4, 0.5) is 5.69 Å². The highest BCUT2D eigenvalue weighted by Gasteiger charge is 2.37. The van der Waals surface area contributed by atoms with Gasteiger partial charge in [0, 0.05) is 28.0 Å². The lowest BCUT2D eigenvalue weighted by Gasteiger charge is -2.29. The number of anilines is 1. The summed E-state index contributed by atoms with van der Waals surface area (Å²) in [4.78, 5) is 29.1. The van der Waals surface area contributed by atoms with Crippen molar-refractivity contribution in [3.05, 3.63) is 83.6 Å². The Hall–Kier alpha value is -3.67. The summed E-state index contributed by atoms with van der Waals surface area (Å²) in [5.74, 6) is 0.443. The van der Waals surface area contributed by atoms with Gasteiger partial charge in [0.25, 0.3) is 0 Å². The molecule has 1 atom stereocenters. The summed E-state index contributed by atoms with van der Waals surface area (Å²) in [6.07, 6.45) is 5.53. The van der Waals surface area contributed by atoms with Crippen molar-refractivity contribution in [3.8, 4) is 0 Å². The molecule has 0 fully saturated rings. The van der Waals surface area contributed by atoms with Crippen molar-refractivity contribution in [2.45, 2.75) is 68.2 Å². The summed E-state index contributed by atoms with van der Waals surface area (Å²) in [5, 5.41) is 0. The van der Waals surface area contributed by atoms with Gasteiger partial charge in [-0.05, 0) is 70.2 Å². The van der Waals surface area contributed by atoms with E-state index in [-0.39, 0.29) is 17.4 Å². The molecule has 37 heavy (non-hydrogen) atoms. The second-order valence-corrected chi connectivity index (χ2v) is 10.3. The molecule has 0 bridgehead atoms. The van der Waals surface area contributed by atoms with Gasteiger partial charge in [-0.15, -0.1) is 0 Å². The summed E-state index contributed by atoms with van der Waals surface area (Å²) in [7, 11) is 0. The van der Waals surface area contributed by atoms with Crippen LogP contribution < -0.4 is 11.5 Å². The highest BCUT2D eigenvalue weighted by Crippen LogP contribution is 2.39. The molecule has 0 spiro atoms. The van der Waals surface area contributed by atoms with Crippen LogP contribution in [0, 0.1) is 10.8 Å². The molecule has 1 rings (SSSR count). The van der Waals surface area contributed by atoms with E-state index in [0.29, 0.717) is 29.0 Å². The van der Waals surface area contributed by atoms with Crippen LogP contribution in [0.3, 0.4) is 0 Å². The molecule has 0 heterocycles. The van der Waals surface area contributed by atoms with Crippen LogP contribution in [0.15, 0.2) is 83.1 Å². The van der Waals surface area contributed by atoms with Gasteiger partial charge < -0.3 is 21.0 Å². The molecule has 4 N–H and O–H groups in total. The molecule has 0 amide bonds. The van der Waals surface area contributed by atoms with E-state index in [1.165, 1.54) is 6.26 Å². The third-order valence-electron chi connectivity index (χ3n) is 6.58. The van der Waals surface area contributed by atoms with Gasteiger partial charge in [0.2, 0.25) is 0 Å². The van der Waals surface area contributed by atoms with E-state index in [2.05, 4.69) is 18.2 Å². The van der Waals surface area contributed by atoms with Gasteiger partial charge in [0.05, 0.1) is 6.26 Å². The van der Waals surface area contributed by atoms with E-state index in [0.717, 1.165) is 29.4 Å². The largest absolute Gasteiger partial charge is 0.469 e. The lowest BCUT2D eigenvalue weighted by atomic mass is 9.78. The Labute approximate surface area is 222 Å². The molecule has 6 heteroatoms. The summed E-state index contributed by atoms with van der Waals surface area (Å²) in [6, 6.07) is 7.39. The van der Waals surface area contributed by atoms with Crippen molar-refractivity contribution in [1.29, 1.82) is 0 Å². The molecular formula is C31H43N3O3. The molecule has 0 aromatic heterocycles. The number of carbonyl (C=O) groups excluding carboxylic acids is 2. The van der Waals surface area contributed by atoms with Crippen molar-refractivity contribution >= 4 is 29.0 Å². The number of allylic oxidation sites excluding steroid dienone is 5. The number of carbonyl (C=O) groups is 2. The average molecular weight is 506 g/mol.